The van der Waals surface area contributed by atoms with Crippen molar-refractivity contribution < 1.29 is 18.1 Å². The summed E-state index contributed by atoms with van der Waals surface area (Å²) in [7, 11) is -6.19. The Morgan fingerprint density at radius 3 is 1.14 bits per heavy atom. The van der Waals surface area contributed by atoms with Crippen molar-refractivity contribution >= 4 is 33.3 Å². The van der Waals surface area contributed by atoms with Crippen molar-refractivity contribution in [3.05, 3.63) is 113 Å². The van der Waals surface area contributed by atoms with Crippen LogP contribution in [0.25, 0.3) is 0 Å². The second kappa shape index (κ2) is 12.3. The van der Waals surface area contributed by atoms with Crippen LogP contribution in [0.4, 0.5) is 0 Å². The van der Waals surface area contributed by atoms with Gasteiger partial charge in [0.25, 0.3) is 0 Å². The molecule has 0 bridgehead atoms. The lowest BCUT2D eigenvalue weighted by Crippen LogP contribution is -2.34. The summed E-state index contributed by atoms with van der Waals surface area (Å²) in [6.45, 7) is 20.3. The molecule has 0 fully saturated rings. The molecule has 0 atom stereocenters. The second-order valence-corrected chi connectivity index (χ2v) is 18.0. The molecule has 0 spiro atoms. The molecule has 4 aromatic rings. The quantitative estimate of drug-likeness (QED) is 0.194. The van der Waals surface area contributed by atoms with Gasteiger partial charge in [0.2, 0.25) is 0 Å². The van der Waals surface area contributed by atoms with Crippen LogP contribution in [-0.2, 0) is 20.9 Å². The molecule has 0 heterocycles. The lowest BCUT2D eigenvalue weighted by molar-refractivity contribution is 0.420. The van der Waals surface area contributed by atoms with E-state index in [0.717, 1.165) is 0 Å². The normalized spacial score (nSPS) is 12.5. The van der Waals surface area contributed by atoms with E-state index in [9.17, 15) is 18.1 Å². The largest absolute Gasteiger partial charge is 0.744 e. The first kappa shape index (κ1) is 33.5. The maximum absolute atomic E-state index is 11.3. The lowest BCUT2D eigenvalue weighted by Gasteiger charge is -2.28. The van der Waals surface area contributed by atoms with Gasteiger partial charge in [-0.15, -0.1) is 0 Å². The molecule has 0 amide bonds. The number of phenols is 1. The standard InChI is InChI=1S/C22H24P.C14H22O4S/c1-17-11-5-8-14-20(17)23(4,21-15-9-6-12-18(21)2)22-16-10-7-13-19(22)3;1-13(2,3)10-7-9(19(16,17)18)8-11(12(10)15)14(4,5)6/h5-16H,1-4H3;7-8,15H,1-6H3,(H,16,17,18)/q+1;/p-1. The monoisotopic (exact) mass is 604 g/mol. The van der Waals surface area contributed by atoms with Crippen LogP contribution in [-0.4, -0.2) is 24.7 Å². The lowest BCUT2D eigenvalue weighted by atomic mass is 9.79. The van der Waals surface area contributed by atoms with E-state index in [0.29, 0.717) is 11.1 Å². The molecule has 0 radical (unpaired) electrons. The highest BCUT2D eigenvalue weighted by Crippen LogP contribution is 2.53. The fourth-order valence-corrected chi connectivity index (χ4v) is 10.3. The number of hydrogen-bond acceptors (Lipinski definition) is 4. The van der Waals surface area contributed by atoms with Crippen LogP contribution in [0.5, 0.6) is 5.75 Å². The summed E-state index contributed by atoms with van der Waals surface area (Å²) in [6, 6.07) is 29.2. The molecule has 0 unspecified atom stereocenters. The highest BCUT2D eigenvalue weighted by molar-refractivity contribution is 7.95. The van der Waals surface area contributed by atoms with Gasteiger partial charge >= 0.3 is 0 Å². The maximum atomic E-state index is 11.3. The minimum atomic E-state index is -4.55. The Kier molecular flexibility index (Phi) is 9.84. The third-order valence-electron chi connectivity index (χ3n) is 7.78. The van der Waals surface area contributed by atoms with Crippen molar-refractivity contribution in [3.8, 4) is 5.75 Å². The Hall–Kier alpha value is -2.98. The van der Waals surface area contributed by atoms with Crippen LogP contribution >= 0.6 is 7.26 Å². The van der Waals surface area contributed by atoms with Crippen LogP contribution in [0, 0.1) is 20.8 Å². The fraction of sp³-hybridized carbons (Fsp3) is 0.333. The van der Waals surface area contributed by atoms with Crippen molar-refractivity contribution in [1.82, 2.24) is 0 Å². The molecule has 4 nitrogen and oxygen atoms in total. The highest BCUT2D eigenvalue weighted by atomic mass is 32.2. The van der Waals surface area contributed by atoms with Crippen LogP contribution in [0.3, 0.4) is 0 Å². The zero-order valence-corrected chi connectivity index (χ0v) is 28.3. The Balaban J connectivity index is 0.000000236. The first-order valence-corrected chi connectivity index (χ1v) is 17.8. The van der Waals surface area contributed by atoms with Gasteiger partial charge in [0.05, 0.1) is 11.6 Å². The van der Waals surface area contributed by atoms with E-state index in [1.54, 1.807) is 0 Å². The Labute approximate surface area is 253 Å². The zero-order valence-electron chi connectivity index (χ0n) is 26.6. The summed E-state index contributed by atoms with van der Waals surface area (Å²) in [5, 5.41) is 14.8. The minimum Gasteiger partial charge on any atom is -0.744 e. The molecule has 0 aliphatic rings. The van der Waals surface area contributed by atoms with Crippen LogP contribution in [0.2, 0.25) is 0 Å². The number of aryl methyl sites for hydroxylation is 3. The van der Waals surface area contributed by atoms with E-state index in [4.69, 9.17) is 0 Å². The minimum absolute atomic E-state index is 0.0624. The predicted octanol–water partition coefficient (Wildman–Crippen LogP) is 7.43. The first-order chi connectivity index (χ1) is 19.3. The number of rotatable bonds is 4. The summed E-state index contributed by atoms with van der Waals surface area (Å²) in [5.74, 6) is 0.0624. The topological polar surface area (TPSA) is 77.4 Å². The maximum Gasteiger partial charge on any atom is 0.124 e. The molecule has 0 saturated carbocycles. The van der Waals surface area contributed by atoms with Gasteiger partial charge in [0.1, 0.15) is 39.0 Å². The average Bonchev–Trinajstić information content (AvgIpc) is 2.87. The summed E-state index contributed by atoms with van der Waals surface area (Å²) in [6.07, 6.45) is 0. The summed E-state index contributed by atoms with van der Waals surface area (Å²) < 4.78 is 33.8. The van der Waals surface area contributed by atoms with Crippen molar-refractivity contribution in [2.45, 2.75) is 78.0 Å². The van der Waals surface area contributed by atoms with Crippen LogP contribution in [0.1, 0.15) is 69.4 Å². The predicted molar refractivity (Wildman–Crippen MR) is 179 cm³/mol. The Morgan fingerprint density at radius 2 is 0.905 bits per heavy atom. The van der Waals surface area contributed by atoms with Gasteiger partial charge < -0.3 is 9.66 Å². The van der Waals surface area contributed by atoms with Crippen LogP contribution in [0.15, 0.2) is 89.8 Å². The summed E-state index contributed by atoms with van der Waals surface area (Å²) >= 11 is 0. The summed E-state index contributed by atoms with van der Waals surface area (Å²) in [5.41, 5.74) is 4.18. The highest BCUT2D eigenvalue weighted by Gasteiger charge is 2.43. The molecular formula is C36H45O4PS. The van der Waals surface area contributed by atoms with Crippen molar-refractivity contribution in [3.63, 3.8) is 0 Å². The van der Waals surface area contributed by atoms with Crippen molar-refractivity contribution in [1.29, 1.82) is 0 Å². The first-order valence-electron chi connectivity index (χ1n) is 14.2. The molecule has 224 valence electrons. The average molecular weight is 605 g/mol. The smallest absolute Gasteiger partial charge is 0.124 e. The molecule has 0 aliphatic carbocycles. The molecule has 4 rings (SSSR count). The molecule has 0 saturated heterocycles. The molecular weight excluding hydrogens is 559 g/mol. The third kappa shape index (κ3) is 7.14. The van der Waals surface area contributed by atoms with Crippen molar-refractivity contribution in [2.75, 3.05) is 6.66 Å². The van der Waals surface area contributed by atoms with Gasteiger partial charge in [0, 0.05) is 11.1 Å². The van der Waals surface area contributed by atoms with E-state index in [1.807, 2.05) is 41.5 Å². The van der Waals surface area contributed by atoms with Gasteiger partial charge in [-0.05, 0) is 78.6 Å². The van der Waals surface area contributed by atoms with Gasteiger partial charge in [-0.2, -0.15) is 0 Å². The SMILES string of the molecule is CC(C)(C)c1cc(S(=O)(=O)[O-])cc(C(C)(C)C)c1O.Cc1ccccc1[P+](C)(c1ccccc1C)c1ccccc1C. The zero-order chi connectivity index (χ0) is 31.7. The second-order valence-electron chi connectivity index (χ2n) is 13.2. The van der Waals surface area contributed by atoms with Gasteiger partial charge in [-0.25, -0.2) is 8.42 Å². The van der Waals surface area contributed by atoms with Gasteiger partial charge in [0.15, 0.2) is 0 Å². The Bertz CT molecular complexity index is 1530. The molecule has 0 aromatic heterocycles. The molecule has 0 aliphatic heterocycles. The molecule has 1 N–H and O–H groups in total. The number of benzene rings is 4. The number of hydrogen-bond donors (Lipinski definition) is 1. The van der Waals surface area contributed by atoms with Gasteiger partial charge in [-0.3, -0.25) is 0 Å². The van der Waals surface area contributed by atoms with Crippen LogP contribution < -0.4 is 15.9 Å². The number of aromatic hydroxyl groups is 1. The van der Waals surface area contributed by atoms with E-state index < -0.39 is 28.2 Å². The van der Waals surface area contributed by atoms with E-state index >= 15 is 0 Å². The number of phenolic OH excluding ortho intramolecular Hbond substituents is 1. The third-order valence-corrected chi connectivity index (χ3v) is 13.0. The fourth-order valence-electron chi connectivity index (χ4n) is 5.48. The molecule has 4 aromatic carbocycles. The van der Waals surface area contributed by atoms with Crippen molar-refractivity contribution in [2.24, 2.45) is 0 Å². The Morgan fingerprint density at radius 1 is 0.619 bits per heavy atom. The van der Waals surface area contributed by atoms with E-state index in [-0.39, 0.29) is 10.6 Å². The van der Waals surface area contributed by atoms with Gasteiger partial charge in [-0.1, -0.05) is 96.1 Å². The van der Waals surface area contributed by atoms with E-state index in [1.165, 1.54) is 44.7 Å². The molecule has 6 heteroatoms. The molecule has 42 heavy (non-hydrogen) atoms. The van der Waals surface area contributed by atoms with E-state index in [2.05, 4.69) is 100 Å². The summed E-state index contributed by atoms with van der Waals surface area (Å²) in [4.78, 5) is -0.292.